The second-order valence-electron chi connectivity index (χ2n) is 4.17. The molecule has 2 rings (SSSR count). The van der Waals surface area contributed by atoms with Gasteiger partial charge in [-0.05, 0) is 47.6 Å². The van der Waals surface area contributed by atoms with E-state index >= 15 is 0 Å². The zero-order valence-electron chi connectivity index (χ0n) is 11.6. The summed E-state index contributed by atoms with van der Waals surface area (Å²) < 4.78 is 9.67. The largest absolute Gasteiger partial charge is 0.497 e. The monoisotopic (exact) mass is 286 g/mol. The Morgan fingerprint density at radius 1 is 1.10 bits per heavy atom. The molecule has 0 atom stereocenters. The van der Waals surface area contributed by atoms with Crippen molar-refractivity contribution in [2.24, 2.45) is 5.18 Å². The van der Waals surface area contributed by atoms with Gasteiger partial charge in [0.05, 0.1) is 25.5 Å². The molecular formula is C15H14N2O4. The van der Waals surface area contributed by atoms with Crippen LogP contribution in [-0.4, -0.2) is 20.2 Å². The van der Waals surface area contributed by atoms with E-state index < -0.39 is 5.97 Å². The van der Waals surface area contributed by atoms with E-state index in [4.69, 9.17) is 4.74 Å². The Bertz CT molecular complexity index is 653. The van der Waals surface area contributed by atoms with Crippen LogP contribution in [0.5, 0.6) is 5.75 Å². The number of nitrogens with zero attached hydrogens (tertiary/aromatic N) is 1. The van der Waals surface area contributed by atoms with Crippen molar-refractivity contribution < 1.29 is 14.3 Å². The van der Waals surface area contributed by atoms with Gasteiger partial charge in [-0.3, -0.25) is 0 Å². The lowest BCUT2D eigenvalue weighted by atomic mass is 10.1. The third-order valence-electron chi connectivity index (χ3n) is 2.89. The molecule has 0 saturated heterocycles. The number of hydrogen-bond acceptors (Lipinski definition) is 6. The molecule has 0 amide bonds. The molecule has 0 heterocycles. The maximum Gasteiger partial charge on any atom is 0.337 e. The smallest absolute Gasteiger partial charge is 0.337 e. The summed E-state index contributed by atoms with van der Waals surface area (Å²) in [5, 5.41) is 5.99. The van der Waals surface area contributed by atoms with Crippen molar-refractivity contribution in [2.45, 2.75) is 0 Å². The lowest BCUT2D eigenvalue weighted by Crippen LogP contribution is -2.01. The van der Waals surface area contributed by atoms with E-state index in [1.165, 1.54) is 13.2 Å². The molecule has 0 fully saturated rings. The Balaban J connectivity index is 2.26. The van der Waals surface area contributed by atoms with Crippen LogP contribution in [0, 0.1) is 4.91 Å². The Hall–Kier alpha value is -2.89. The third-order valence-corrected chi connectivity index (χ3v) is 2.89. The van der Waals surface area contributed by atoms with Crippen LogP contribution in [0.4, 0.5) is 17.1 Å². The number of methoxy groups -OCH3 is 2. The van der Waals surface area contributed by atoms with Gasteiger partial charge in [0, 0.05) is 5.69 Å². The van der Waals surface area contributed by atoms with Crippen molar-refractivity contribution in [1.82, 2.24) is 0 Å². The van der Waals surface area contributed by atoms with Crippen molar-refractivity contribution in [2.75, 3.05) is 19.5 Å². The highest BCUT2D eigenvalue weighted by Crippen LogP contribution is 2.30. The highest BCUT2D eigenvalue weighted by Gasteiger charge is 2.10. The minimum absolute atomic E-state index is 0.133. The number of ether oxygens (including phenoxy) is 2. The number of benzene rings is 2. The van der Waals surface area contributed by atoms with E-state index in [2.05, 4.69) is 15.2 Å². The predicted octanol–water partition coefficient (Wildman–Crippen LogP) is 3.62. The van der Waals surface area contributed by atoms with E-state index in [0.717, 1.165) is 11.4 Å². The number of carbonyl (C=O) groups is 1. The zero-order chi connectivity index (χ0) is 15.2. The summed E-state index contributed by atoms with van der Waals surface area (Å²) in [6.07, 6.45) is 0. The number of hydrogen-bond donors (Lipinski definition) is 1. The van der Waals surface area contributed by atoms with Crippen molar-refractivity contribution in [3.63, 3.8) is 0 Å². The molecule has 6 heteroatoms. The van der Waals surface area contributed by atoms with Gasteiger partial charge in [-0.25, -0.2) is 4.79 Å². The number of rotatable bonds is 5. The van der Waals surface area contributed by atoms with Crippen molar-refractivity contribution >= 4 is 23.0 Å². The SMILES string of the molecule is COC(=O)c1ccc(Nc2ccc(OC)cc2)c(N=O)c1. The minimum atomic E-state index is -0.518. The fourth-order valence-corrected chi connectivity index (χ4v) is 1.79. The van der Waals surface area contributed by atoms with Gasteiger partial charge in [0.1, 0.15) is 11.4 Å². The van der Waals surface area contributed by atoms with Crippen LogP contribution < -0.4 is 10.1 Å². The molecule has 108 valence electrons. The molecule has 0 radical (unpaired) electrons. The average molecular weight is 286 g/mol. The zero-order valence-corrected chi connectivity index (χ0v) is 11.6. The molecular weight excluding hydrogens is 272 g/mol. The Morgan fingerprint density at radius 2 is 1.81 bits per heavy atom. The first-order valence-electron chi connectivity index (χ1n) is 6.14. The summed E-state index contributed by atoms with van der Waals surface area (Å²) in [4.78, 5) is 22.3. The quantitative estimate of drug-likeness (QED) is 0.671. The van der Waals surface area contributed by atoms with Crippen molar-refractivity contribution in [3.8, 4) is 5.75 Å². The van der Waals surface area contributed by atoms with E-state index in [-0.39, 0.29) is 11.3 Å². The number of anilines is 2. The predicted molar refractivity (Wildman–Crippen MR) is 79.5 cm³/mol. The number of nitrogens with one attached hydrogen (secondary N) is 1. The number of nitroso groups, excluding NO2 is 1. The summed E-state index contributed by atoms with van der Waals surface area (Å²) in [6.45, 7) is 0. The first kappa shape index (κ1) is 14.5. The topological polar surface area (TPSA) is 77.0 Å². The van der Waals surface area contributed by atoms with E-state index in [0.29, 0.717) is 5.69 Å². The molecule has 21 heavy (non-hydrogen) atoms. The van der Waals surface area contributed by atoms with Crippen LogP contribution in [0.1, 0.15) is 10.4 Å². The van der Waals surface area contributed by atoms with Crippen LogP contribution in [0.3, 0.4) is 0 Å². The lowest BCUT2D eigenvalue weighted by Gasteiger charge is -2.09. The Kier molecular flexibility index (Phi) is 4.50. The van der Waals surface area contributed by atoms with Gasteiger partial charge < -0.3 is 14.8 Å². The molecule has 6 nitrogen and oxygen atoms in total. The van der Waals surface area contributed by atoms with Crippen LogP contribution in [0.15, 0.2) is 47.6 Å². The molecule has 0 aromatic heterocycles. The highest BCUT2D eigenvalue weighted by molar-refractivity contribution is 5.92. The molecule has 2 aromatic rings. The fourth-order valence-electron chi connectivity index (χ4n) is 1.79. The van der Waals surface area contributed by atoms with Crippen LogP contribution in [-0.2, 0) is 4.74 Å². The molecule has 0 unspecified atom stereocenters. The molecule has 0 aliphatic rings. The average Bonchev–Trinajstić information content (AvgIpc) is 2.55. The molecule has 0 aliphatic carbocycles. The standard InChI is InChI=1S/C15H14N2O4/c1-20-12-6-4-11(5-7-12)16-13-8-3-10(15(18)21-2)9-14(13)17-19/h3-9,16H,1-2H3. The van der Waals surface area contributed by atoms with Crippen molar-refractivity contribution in [3.05, 3.63) is 52.9 Å². The van der Waals surface area contributed by atoms with E-state index in [1.807, 2.05) is 12.1 Å². The van der Waals surface area contributed by atoms with Gasteiger partial charge >= 0.3 is 5.97 Å². The van der Waals surface area contributed by atoms with Gasteiger partial charge in [0.2, 0.25) is 0 Å². The maximum absolute atomic E-state index is 11.4. The van der Waals surface area contributed by atoms with Crippen LogP contribution in [0.2, 0.25) is 0 Å². The fraction of sp³-hybridized carbons (Fsp3) is 0.133. The lowest BCUT2D eigenvalue weighted by molar-refractivity contribution is 0.0601. The molecule has 2 aromatic carbocycles. The summed E-state index contributed by atoms with van der Waals surface area (Å²) >= 11 is 0. The summed E-state index contributed by atoms with van der Waals surface area (Å²) in [6, 6.07) is 11.7. The van der Waals surface area contributed by atoms with E-state index in [1.54, 1.807) is 31.4 Å². The van der Waals surface area contributed by atoms with Gasteiger partial charge in [0.15, 0.2) is 0 Å². The van der Waals surface area contributed by atoms with Gasteiger partial charge in [-0.2, -0.15) is 0 Å². The van der Waals surface area contributed by atoms with Crippen molar-refractivity contribution in [1.29, 1.82) is 0 Å². The van der Waals surface area contributed by atoms with Gasteiger partial charge in [-0.15, -0.1) is 4.91 Å². The molecule has 0 aliphatic heterocycles. The maximum atomic E-state index is 11.4. The normalized spacial score (nSPS) is 9.81. The Labute approximate surface area is 121 Å². The second-order valence-corrected chi connectivity index (χ2v) is 4.17. The second kappa shape index (κ2) is 6.51. The van der Waals surface area contributed by atoms with Crippen LogP contribution >= 0.6 is 0 Å². The molecule has 0 saturated carbocycles. The summed E-state index contributed by atoms with van der Waals surface area (Å²) in [5.41, 5.74) is 1.68. The molecule has 1 N–H and O–H groups in total. The number of esters is 1. The Morgan fingerprint density at radius 3 is 2.38 bits per heavy atom. The first-order valence-corrected chi connectivity index (χ1v) is 6.14. The van der Waals surface area contributed by atoms with Gasteiger partial charge in [0.25, 0.3) is 0 Å². The van der Waals surface area contributed by atoms with Crippen LogP contribution in [0.25, 0.3) is 0 Å². The highest BCUT2D eigenvalue weighted by atomic mass is 16.5. The van der Waals surface area contributed by atoms with Gasteiger partial charge in [-0.1, -0.05) is 0 Å². The number of carbonyl (C=O) groups excluding carboxylic acids is 1. The van der Waals surface area contributed by atoms with E-state index in [9.17, 15) is 9.70 Å². The third kappa shape index (κ3) is 3.36. The molecule has 0 spiro atoms. The first-order chi connectivity index (χ1) is 10.2. The summed E-state index contributed by atoms with van der Waals surface area (Å²) in [5.74, 6) is 0.214. The summed E-state index contributed by atoms with van der Waals surface area (Å²) in [7, 11) is 2.86. The minimum Gasteiger partial charge on any atom is -0.497 e. The molecule has 0 bridgehead atoms.